The van der Waals surface area contributed by atoms with Gasteiger partial charge in [-0.05, 0) is 41.8 Å². The lowest BCUT2D eigenvalue weighted by Gasteiger charge is -2.25. The SMILES string of the molecule is C/C(C#N)=C/c1ccc(N(Cc2ccccc2)Cc2ccccc2)cc1. The van der Waals surface area contributed by atoms with Crippen LogP contribution in [0, 0.1) is 11.3 Å². The van der Waals surface area contributed by atoms with Crippen LogP contribution in [0.3, 0.4) is 0 Å². The molecule has 0 bridgehead atoms. The average molecular weight is 338 g/mol. The van der Waals surface area contributed by atoms with E-state index in [2.05, 4.69) is 83.8 Å². The highest BCUT2D eigenvalue weighted by atomic mass is 15.1. The second-order valence-electron chi connectivity index (χ2n) is 6.36. The zero-order valence-corrected chi connectivity index (χ0v) is 15.0. The van der Waals surface area contributed by atoms with Gasteiger partial charge in [0, 0.05) is 24.4 Å². The molecule has 0 aromatic heterocycles. The Labute approximate surface area is 155 Å². The maximum absolute atomic E-state index is 8.94. The molecule has 0 heterocycles. The maximum Gasteiger partial charge on any atom is 0.0944 e. The molecule has 26 heavy (non-hydrogen) atoms. The van der Waals surface area contributed by atoms with Gasteiger partial charge in [-0.1, -0.05) is 72.8 Å². The molecule has 0 radical (unpaired) electrons. The van der Waals surface area contributed by atoms with E-state index in [4.69, 9.17) is 5.26 Å². The summed E-state index contributed by atoms with van der Waals surface area (Å²) in [5.74, 6) is 0. The smallest absolute Gasteiger partial charge is 0.0944 e. The second kappa shape index (κ2) is 8.69. The first-order valence-corrected chi connectivity index (χ1v) is 8.76. The molecular weight excluding hydrogens is 316 g/mol. The van der Waals surface area contributed by atoms with E-state index in [9.17, 15) is 0 Å². The van der Waals surface area contributed by atoms with Crippen molar-refractivity contribution >= 4 is 11.8 Å². The Balaban J connectivity index is 1.86. The zero-order valence-electron chi connectivity index (χ0n) is 15.0. The third-order valence-corrected chi connectivity index (χ3v) is 4.25. The molecule has 0 aliphatic rings. The van der Waals surface area contributed by atoms with Gasteiger partial charge in [-0.15, -0.1) is 0 Å². The lowest BCUT2D eigenvalue weighted by atomic mass is 10.1. The Bertz CT molecular complexity index is 847. The molecule has 0 atom stereocenters. The van der Waals surface area contributed by atoms with E-state index in [0.29, 0.717) is 5.57 Å². The largest absolute Gasteiger partial charge is 0.363 e. The number of hydrogen-bond acceptors (Lipinski definition) is 2. The van der Waals surface area contributed by atoms with Crippen LogP contribution in [-0.4, -0.2) is 0 Å². The highest BCUT2D eigenvalue weighted by molar-refractivity contribution is 5.60. The molecule has 0 saturated heterocycles. The van der Waals surface area contributed by atoms with Crippen LogP contribution in [0.5, 0.6) is 0 Å². The fourth-order valence-corrected chi connectivity index (χ4v) is 2.91. The fourth-order valence-electron chi connectivity index (χ4n) is 2.91. The molecule has 2 nitrogen and oxygen atoms in total. The highest BCUT2D eigenvalue weighted by Gasteiger charge is 2.08. The summed E-state index contributed by atoms with van der Waals surface area (Å²) in [5.41, 5.74) is 5.50. The second-order valence-corrected chi connectivity index (χ2v) is 6.36. The van der Waals surface area contributed by atoms with E-state index < -0.39 is 0 Å². The van der Waals surface area contributed by atoms with Gasteiger partial charge in [0.15, 0.2) is 0 Å². The summed E-state index contributed by atoms with van der Waals surface area (Å²) in [5, 5.41) is 8.94. The number of nitriles is 1. The van der Waals surface area contributed by atoms with Crippen molar-refractivity contribution in [3.05, 3.63) is 107 Å². The summed E-state index contributed by atoms with van der Waals surface area (Å²) in [6.45, 7) is 3.52. The molecule has 0 N–H and O–H groups in total. The number of nitrogens with zero attached hydrogens (tertiary/aromatic N) is 2. The monoisotopic (exact) mass is 338 g/mol. The van der Waals surface area contributed by atoms with E-state index in [-0.39, 0.29) is 0 Å². The lowest BCUT2D eigenvalue weighted by Crippen LogP contribution is -2.22. The average Bonchev–Trinajstić information content (AvgIpc) is 2.69. The van der Waals surface area contributed by atoms with E-state index in [0.717, 1.165) is 18.7 Å². The van der Waals surface area contributed by atoms with E-state index >= 15 is 0 Å². The number of rotatable bonds is 6. The van der Waals surface area contributed by atoms with Crippen molar-refractivity contribution in [2.75, 3.05) is 4.90 Å². The topological polar surface area (TPSA) is 27.0 Å². The summed E-state index contributed by atoms with van der Waals surface area (Å²) in [6.07, 6.45) is 1.91. The minimum atomic E-state index is 0.711. The molecular formula is C24H22N2. The first-order chi connectivity index (χ1) is 12.7. The predicted octanol–water partition coefficient (Wildman–Crippen LogP) is 5.82. The van der Waals surface area contributed by atoms with Gasteiger partial charge in [-0.25, -0.2) is 0 Å². The van der Waals surface area contributed by atoms with Gasteiger partial charge in [-0.3, -0.25) is 0 Å². The number of anilines is 1. The molecule has 0 aliphatic carbocycles. The molecule has 2 heteroatoms. The third kappa shape index (κ3) is 4.84. The van der Waals surface area contributed by atoms with Crippen molar-refractivity contribution in [2.24, 2.45) is 0 Å². The van der Waals surface area contributed by atoms with Gasteiger partial charge in [0.2, 0.25) is 0 Å². The lowest BCUT2D eigenvalue weighted by molar-refractivity contribution is 0.800. The summed E-state index contributed by atoms with van der Waals surface area (Å²) < 4.78 is 0. The molecule has 0 unspecified atom stereocenters. The molecule has 0 amide bonds. The molecule has 3 aromatic carbocycles. The minimum absolute atomic E-state index is 0.711. The summed E-state index contributed by atoms with van der Waals surface area (Å²) >= 11 is 0. The Morgan fingerprint density at radius 1 is 0.808 bits per heavy atom. The maximum atomic E-state index is 8.94. The van der Waals surface area contributed by atoms with Crippen LogP contribution in [0.1, 0.15) is 23.6 Å². The van der Waals surface area contributed by atoms with Crippen LogP contribution in [0.2, 0.25) is 0 Å². The Kier molecular flexibility index (Phi) is 5.85. The molecule has 128 valence electrons. The Morgan fingerprint density at radius 2 is 1.31 bits per heavy atom. The first kappa shape index (κ1) is 17.5. The summed E-state index contributed by atoms with van der Waals surface area (Å²) in [6, 6.07) is 31.6. The Hall–Kier alpha value is -3.31. The van der Waals surface area contributed by atoms with Crippen LogP contribution in [0.15, 0.2) is 90.5 Å². The van der Waals surface area contributed by atoms with Gasteiger partial charge in [0.1, 0.15) is 0 Å². The van der Waals surface area contributed by atoms with Gasteiger partial charge < -0.3 is 4.90 Å². The quantitative estimate of drug-likeness (QED) is 0.529. The summed E-state index contributed by atoms with van der Waals surface area (Å²) in [7, 11) is 0. The minimum Gasteiger partial charge on any atom is -0.363 e. The fraction of sp³-hybridized carbons (Fsp3) is 0.125. The first-order valence-electron chi connectivity index (χ1n) is 8.76. The standard InChI is InChI=1S/C24H22N2/c1-20(17-25)16-21-12-14-24(15-13-21)26(18-22-8-4-2-5-9-22)19-23-10-6-3-7-11-23/h2-16H,18-19H2,1H3/b20-16-. The van der Waals surface area contributed by atoms with Crippen LogP contribution < -0.4 is 4.90 Å². The Morgan fingerprint density at radius 3 is 1.77 bits per heavy atom. The predicted molar refractivity (Wildman–Crippen MR) is 108 cm³/mol. The van der Waals surface area contributed by atoms with Crippen LogP contribution in [0.4, 0.5) is 5.69 Å². The van der Waals surface area contributed by atoms with Crippen molar-refractivity contribution < 1.29 is 0 Å². The number of allylic oxidation sites excluding steroid dienone is 1. The van der Waals surface area contributed by atoms with Crippen molar-refractivity contribution in [3.8, 4) is 6.07 Å². The van der Waals surface area contributed by atoms with Gasteiger partial charge in [0.05, 0.1) is 6.07 Å². The highest BCUT2D eigenvalue weighted by Crippen LogP contribution is 2.22. The summed E-state index contributed by atoms with van der Waals surface area (Å²) in [4.78, 5) is 2.37. The van der Waals surface area contributed by atoms with E-state index in [1.54, 1.807) is 0 Å². The van der Waals surface area contributed by atoms with Crippen molar-refractivity contribution in [2.45, 2.75) is 20.0 Å². The van der Waals surface area contributed by atoms with Crippen LogP contribution in [0.25, 0.3) is 6.08 Å². The van der Waals surface area contributed by atoms with Gasteiger partial charge in [0.25, 0.3) is 0 Å². The van der Waals surface area contributed by atoms with E-state index in [1.165, 1.54) is 16.8 Å². The van der Waals surface area contributed by atoms with Crippen LogP contribution in [-0.2, 0) is 13.1 Å². The van der Waals surface area contributed by atoms with Crippen molar-refractivity contribution in [3.63, 3.8) is 0 Å². The molecule has 0 fully saturated rings. The number of hydrogen-bond donors (Lipinski definition) is 0. The van der Waals surface area contributed by atoms with Crippen molar-refractivity contribution in [1.29, 1.82) is 5.26 Å². The normalized spacial score (nSPS) is 11.0. The molecule has 3 aromatic rings. The molecule has 3 rings (SSSR count). The third-order valence-electron chi connectivity index (χ3n) is 4.25. The van der Waals surface area contributed by atoms with Gasteiger partial charge >= 0.3 is 0 Å². The van der Waals surface area contributed by atoms with Gasteiger partial charge in [-0.2, -0.15) is 5.26 Å². The van der Waals surface area contributed by atoms with Crippen molar-refractivity contribution in [1.82, 2.24) is 0 Å². The zero-order chi connectivity index (χ0) is 18.2. The number of benzene rings is 3. The molecule has 0 saturated carbocycles. The van der Waals surface area contributed by atoms with Crippen LogP contribution >= 0.6 is 0 Å². The van der Waals surface area contributed by atoms with E-state index in [1.807, 2.05) is 25.1 Å². The molecule has 0 spiro atoms. The molecule has 0 aliphatic heterocycles.